The standard InChI is InChI=1S/C23H19Cl2N3O4S2/c1-13-27-19-11-20(26-2)18(24)10-17(19)23(30)28(13)15-5-3-14(4-6-15)9-16(29)12-34(31,32)22-8-7-21(25)33-22/h3-8,10-11,26H,9,12H2,1-2H3. The van der Waals surface area contributed by atoms with Crippen LogP contribution in [0.15, 0.2) is 57.5 Å². The molecule has 0 fully saturated rings. The third kappa shape index (κ3) is 4.88. The summed E-state index contributed by atoms with van der Waals surface area (Å²) in [5, 5.41) is 3.76. The number of hydrogen-bond donors (Lipinski definition) is 1. The second-order valence-electron chi connectivity index (χ2n) is 7.60. The van der Waals surface area contributed by atoms with Crippen LogP contribution in [0.4, 0.5) is 5.69 Å². The third-order valence-electron chi connectivity index (χ3n) is 5.20. The third-order valence-corrected chi connectivity index (χ3v) is 9.00. The van der Waals surface area contributed by atoms with E-state index in [4.69, 9.17) is 23.2 Å². The summed E-state index contributed by atoms with van der Waals surface area (Å²) in [7, 11) is -2.00. The largest absolute Gasteiger partial charge is 0.387 e. The van der Waals surface area contributed by atoms with Gasteiger partial charge in [0.05, 0.1) is 31.6 Å². The van der Waals surface area contributed by atoms with Crippen LogP contribution in [0.1, 0.15) is 11.4 Å². The number of Topliss-reactive ketones (excluding diaryl/α,β-unsaturated/α-hetero) is 1. The molecule has 34 heavy (non-hydrogen) atoms. The molecule has 7 nitrogen and oxygen atoms in total. The summed E-state index contributed by atoms with van der Waals surface area (Å²) >= 11 is 13.0. The fourth-order valence-corrected chi connectivity index (χ4v) is 6.67. The number of nitrogens with zero attached hydrogens (tertiary/aromatic N) is 2. The molecule has 2 aromatic heterocycles. The number of nitrogens with one attached hydrogen (secondary N) is 1. The maximum atomic E-state index is 13.2. The first-order valence-electron chi connectivity index (χ1n) is 10.1. The Morgan fingerprint density at radius 1 is 1.12 bits per heavy atom. The normalized spacial score (nSPS) is 11.6. The average Bonchev–Trinajstić information content (AvgIpc) is 3.22. The molecule has 0 saturated heterocycles. The van der Waals surface area contributed by atoms with Crippen molar-refractivity contribution >= 4 is 66.7 Å². The highest BCUT2D eigenvalue weighted by molar-refractivity contribution is 7.94. The van der Waals surface area contributed by atoms with Crippen molar-refractivity contribution in [2.75, 3.05) is 18.1 Å². The van der Waals surface area contributed by atoms with E-state index in [1.807, 2.05) is 0 Å². The van der Waals surface area contributed by atoms with Gasteiger partial charge in [-0.1, -0.05) is 35.3 Å². The Hall–Kier alpha value is -2.72. The molecular formula is C23H19Cl2N3O4S2. The second-order valence-corrected chi connectivity index (χ2v) is 11.9. The number of ketones is 1. The number of benzene rings is 2. The highest BCUT2D eigenvalue weighted by atomic mass is 35.5. The van der Waals surface area contributed by atoms with Crippen molar-refractivity contribution < 1.29 is 13.2 Å². The number of halogens is 2. The van der Waals surface area contributed by atoms with Crippen LogP contribution in [-0.2, 0) is 21.1 Å². The van der Waals surface area contributed by atoms with E-state index in [-0.39, 0.29) is 16.2 Å². The zero-order valence-electron chi connectivity index (χ0n) is 18.1. The molecule has 4 rings (SSSR count). The van der Waals surface area contributed by atoms with Gasteiger partial charge in [0.2, 0.25) is 0 Å². The highest BCUT2D eigenvalue weighted by Gasteiger charge is 2.21. The molecule has 11 heteroatoms. The summed E-state index contributed by atoms with van der Waals surface area (Å²) in [5.74, 6) is -0.548. The number of carbonyl (C=O) groups is 1. The Morgan fingerprint density at radius 3 is 2.44 bits per heavy atom. The van der Waals surface area contributed by atoms with Crippen molar-refractivity contribution in [3.05, 3.63) is 79.6 Å². The number of anilines is 1. The summed E-state index contributed by atoms with van der Waals surface area (Å²) in [6.07, 6.45) is -0.0507. The molecule has 0 unspecified atom stereocenters. The molecule has 4 aromatic rings. The summed E-state index contributed by atoms with van der Waals surface area (Å²) in [6.45, 7) is 1.73. The van der Waals surface area contributed by atoms with Crippen LogP contribution in [0.2, 0.25) is 9.36 Å². The van der Waals surface area contributed by atoms with Gasteiger partial charge in [-0.3, -0.25) is 14.2 Å². The number of sulfone groups is 1. The second kappa shape index (κ2) is 9.50. The molecule has 0 spiro atoms. The zero-order chi connectivity index (χ0) is 24.6. The van der Waals surface area contributed by atoms with Gasteiger partial charge in [-0.2, -0.15) is 0 Å². The van der Waals surface area contributed by atoms with Crippen LogP contribution >= 0.6 is 34.5 Å². The van der Waals surface area contributed by atoms with Crippen molar-refractivity contribution in [3.8, 4) is 5.69 Å². The maximum Gasteiger partial charge on any atom is 0.266 e. The molecule has 0 bridgehead atoms. The first kappa shape index (κ1) is 24.4. The fourth-order valence-electron chi connectivity index (χ4n) is 3.60. The number of hydrogen-bond acceptors (Lipinski definition) is 7. The predicted molar refractivity (Wildman–Crippen MR) is 137 cm³/mol. The quantitative estimate of drug-likeness (QED) is 0.368. The SMILES string of the molecule is CNc1cc2nc(C)n(-c3ccc(CC(=O)CS(=O)(=O)c4ccc(Cl)s4)cc3)c(=O)c2cc1Cl. The van der Waals surface area contributed by atoms with Crippen molar-refractivity contribution in [1.29, 1.82) is 0 Å². The molecule has 1 N–H and O–H groups in total. The van der Waals surface area contributed by atoms with Crippen LogP contribution in [0, 0.1) is 6.92 Å². The number of aryl methyl sites for hydroxylation is 1. The molecule has 2 aromatic carbocycles. The molecule has 0 saturated carbocycles. The highest BCUT2D eigenvalue weighted by Crippen LogP contribution is 2.27. The first-order chi connectivity index (χ1) is 16.1. The molecule has 0 aliphatic carbocycles. The van der Waals surface area contributed by atoms with Crippen molar-refractivity contribution in [3.63, 3.8) is 0 Å². The van der Waals surface area contributed by atoms with Gasteiger partial charge in [-0.25, -0.2) is 13.4 Å². The van der Waals surface area contributed by atoms with E-state index in [2.05, 4.69) is 10.3 Å². The van der Waals surface area contributed by atoms with Crippen LogP contribution in [0.5, 0.6) is 0 Å². The number of thiophene rings is 1. The smallest absolute Gasteiger partial charge is 0.266 e. The number of fused-ring (bicyclic) bond motifs is 1. The number of carbonyl (C=O) groups excluding carboxylic acids is 1. The lowest BCUT2D eigenvalue weighted by Crippen LogP contribution is -2.22. The maximum absolute atomic E-state index is 13.2. The minimum atomic E-state index is -3.74. The molecule has 2 heterocycles. The lowest BCUT2D eigenvalue weighted by Gasteiger charge is -2.13. The van der Waals surface area contributed by atoms with Gasteiger partial charge in [0.1, 0.15) is 15.8 Å². The van der Waals surface area contributed by atoms with Crippen LogP contribution < -0.4 is 10.9 Å². The van der Waals surface area contributed by atoms with E-state index >= 15 is 0 Å². The van der Waals surface area contributed by atoms with Gasteiger partial charge in [0.15, 0.2) is 15.6 Å². The Kier molecular flexibility index (Phi) is 6.82. The average molecular weight is 536 g/mol. The van der Waals surface area contributed by atoms with E-state index in [0.717, 1.165) is 11.3 Å². The van der Waals surface area contributed by atoms with Crippen LogP contribution in [0.25, 0.3) is 16.6 Å². The van der Waals surface area contributed by atoms with Gasteiger partial charge in [0.25, 0.3) is 5.56 Å². The lowest BCUT2D eigenvalue weighted by molar-refractivity contribution is -0.116. The van der Waals surface area contributed by atoms with E-state index in [1.54, 1.807) is 50.4 Å². The van der Waals surface area contributed by atoms with E-state index < -0.39 is 21.4 Å². The Bertz CT molecular complexity index is 1580. The van der Waals surface area contributed by atoms with Gasteiger partial charge in [0, 0.05) is 13.5 Å². The Morgan fingerprint density at radius 2 is 1.82 bits per heavy atom. The molecule has 0 atom stereocenters. The minimum Gasteiger partial charge on any atom is -0.387 e. The van der Waals surface area contributed by atoms with Crippen LogP contribution in [0.3, 0.4) is 0 Å². The molecule has 0 aliphatic rings. The molecule has 0 amide bonds. The number of aromatic nitrogens is 2. The Balaban J connectivity index is 1.58. The summed E-state index contributed by atoms with van der Waals surface area (Å²) in [4.78, 5) is 30.1. The summed E-state index contributed by atoms with van der Waals surface area (Å²) in [5.41, 5.74) is 2.15. The van der Waals surface area contributed by atoms with E-state index in [1.165, 1.54) is 16.7 Å². The predicted octanol–water partition coefficient (Wildman–Crippen LogP) is 4.69. The zero-order valence-corrected chi connectivity index (χ0v) is 21.3. The van der Waals surface area contributed by atoms with E-state index in [0.29, 0.717) is 43.0 Å². The minimum absolute atomic E-state index is 0.0507. The molecule has 176 valence electrons. The van der Waals surface area contributed by atoms with Gasteiger partial charge < -0.3 is 5.32 Å². The van der Waals surface area contributed by atoms with Crippen molar-refractivity contribution in [2.24, 2.45) is 0 Å². The van der Waals surface area contributed by atoms with E-state index in [9.17, 15) is 18.0 Å². The lowest BCUT2D eigenvalue weighted by atomic mass is 10.1. The molecule has 0 radical (unpaired) electrons. The topological polar surface area (TPSA) is 98.1 Å². The Labute approximate surface area is 209 Å². The van der Waals surface area contributed by atoms with Crippen molar-refractivity contribution in [1.82, 2.24) is 9.55 Å². The fraction of sp³-hybridized carbons (Fsp3) is 0.174. The van der Waals surface area contributed by atoms with Gasteiger partial charge >= 0.3 is 0 Å². The van der Waals surface area contributed by atoms with Crippen molar-refractivity contribution in [2.45, 2.75) is 17.6 Å². The first-order valence-corrected chi connectivity index (χ1v) is 13.3. The molecule has 0 aliphatic heterocycles. The number of rotatable bonds is 7. The summed E-state index contributed by atoms with van der Waals surface area (Å²) in [6, 6.07) is 13.0. The summed E-state index contributed by atoms with van der Waals surface area (Å²) < 4.78 is 26.7. The van der Waals surface area contributed by atoms with Crippen LogP contribution in [-0.4, -0.2) is 36.6 Å². The van der Waals surface area contributed by atoms with Gasteiger partial charge in [-0.05, 0) is 48.9 Å². The molecular weight excluding hydrogens is 517 g/mol. The van der Waals surface area contributed by atoms with Gasteiger partial charge in [-0.15, -0.1) is 11.3 Å². The monoisotopic (exact) mass is 535 g/mol.